The maximum atomic E-state index is 12.6. The largest absolute Gasteiger partial charge is 0.416 e. The minimum absolute atomic E-state index is 0.226. The molecule has 0 bridgehead atoms. The minimum atomic E-state index is -4.42. The van der Waals surface area contributed by atoms with Gasteiger partial charge in [-0.3, -0.25) is 4.79 Å². The lowest BCUT2D eigenvalue weighted by atomic mass is 10.2. The van der Waals surface area contributed by atoms with Crippen molar-refractivity contribution in [2.45, 2.75) is 23.6 Å². The number of carbonyl (C=O) groups is 1. The Morgan fingerprint density at radius 3 is 2.37 bits per heavy atom. The fourth-order valence-electron chi connectivity index (χ4n) is 2.15. The Hall–Kier alpha value is -2.81. The van der Waals surface area contributed by atoms with Crippen LogP contribution in [0, 0.1) is 0 Å². The van der Waals surface area contributed by atoms with Crippen LogP contribution in [0.2, 0.25) is 0 Å². The number of alkyl halides is 3. The topological polar surface area (TPSA) is 68.0 Å². The molecule has 2 aromatic carbocycles. The second-order valence-electron chi connectivity index (χ2n) is 5.56. The number of rotatable bonds is 5. The van der Waals surface area contributed by atoms with Gasteiger partial charge in [0.15, 0.2) is 0 Å². The number of nitrogens with one attached hydrogen (secondary N) is 1. The van der Waals surface area contributed by atoms with Crippen molar-refractivity contribution in [3.8, 4) is 11.5 Å². The molecule has 0 aliphatic rings. The molecule has 0 aliphatic carbocycles. The van der Waals surface area contributed by atoms with Gasteiger partial charge in [0.2, 0.25) is 11.8 Å². The standard InChI is InChI=1S/C18H14F3N3O2S/c1-11(15(25)22-14-9-7-13(8-10-14)18(19,20)21)27-17-24-23-16(26-17)12-5-3-2-4-6-12/h2-11H,1H3,(H,22,25). The highest BCUT2D eigenvalue weighted by molar-refractivity contribution is 8.00. The zero-order valence-corrected chi connectivity index (χ0v) is 14.8. The van der Waals surface area contributed by atoms with Gasteiger partial charge < -0.3 is 9.73 Å². The first-order valence-corrected chi connectivity index (χ1v) is 8.74. The first-order chi connectivity index (χ1) is 12.8. The predicted molar refractivity (Wildman–Crippen MR) is 95.1 cm³/mol. The first-order valence-electron chi connectivity index (χ1n) is 7.86. The van der Waals surface area contributed by atoms with E-state index < -0.39 is 17.0 Å². The third-order valence-electron chi connectivity index (χ3n) is 3.55. The van der Waals surface area contributed by atoms with E-state index in [-0.39, 0.29) is 16.8 Å². The van der Waals surface area contributed by atoms with Gasteiger partial charge in [0.25, 0.3) is 5.22 Å². The van der Waals surface area contributed by atoms with Crippen LogP contribution < -0.4 is 5.32 Å². The van der Waals surface area contributed by atoms with Gasteiger partial charge >= 0.3 is 6.18 Å². The van der Waals surface area contributed by atoms with E-state index in [0.29, 0.717) is 5.89 Å². The summed E-state index contributed by atoms with van der Waals surface area (Å²) in [6, 6.07) is 13.4. The van der Waals surface area contributed by atoms with Crippen molar-refractivity contribution in [2.24, 2.45) is 0 Å². The van der Waals surface area contributed by atoms with Crippen LogP contribution in [0.5, 0.6) is 0 Å². The summed E-state index contributed by atoms with van der Waals surface area (Å²) in [5.74, 6) is -0.0485. The van der Waals surface area contributed by atoms with Crippen molar-refractivity contribution >= 4 is 23.4 Å². The van der Waals surface area contributed by atoms with E-state index in [4.69, 9.17) is 4.42 Å². The molecule has 1 atom stereocenters. The summed E-state index contributed by atoms with van der Waals surface area (Å²) in [5, 5.41) is 10.0. The van der Waals surface area contributed by atoms with Crippen molar-refractivity contribution < 1.29 is 22.4 Å². The number of anilines is 1. The number of carbonyl (C=O) groups excluding carboxylic acids is 1. The number of halogens is 3. The molecule has 3 aromatic rings. The van der Waals surface area contributed by atoms with Crippen molar-refractivity contribution in [1.29, 1.82) is 0 Å². The fourth-order valence-corrected chi connectivity index (χ4v) is 2.83. The summed E-state index contributed by atoms with van der Waals surface area (Å²) in [5.41, 5.74) is 0.261. The average Bonchev–Trinajstić information content (AvgIpc) is 3.10. The number of benzene rings is 2. The van der Waals surface area contributed by atoms with Crippen LogP contribution in [0.25, 0.3) is 11.5 Å². The van der Waals surface area contributed by atoms with E-state index in [0.717, 1.165) is 29.5 Å². The molecule has 9 heteroatoms. The van der Waals surface area contributed by atoms with Crippen molar-refractivity contribution in [3.63, 3.8) is 0 Å². The van der Waals surface area contributed by atoms with Crippen LogP contribution in [-0.2, 0) is 11.0 Å². The summed E-state index contributed by atoms with van der Waals surface area (Å²) in [7, 11) is 0. The summed E-state index contributed by atoms with van der Waals surface area (Å²) in [6.45, 7) is 1.64. The Labute approximate surface area is 157 Å². The van der Waals surface area contributed by atoms with Gasteiger partial charge in [-0.2, -0.15) is 13.2 Å². The summed E-state index contributed by atoms with van der Waals surface area (Å²) >= 11 is 1.06. The molecule has 0 saturated carbocycles. The highest BCUT2D eigenvalue weighted by Gasteiger charge is 2.30. The van der Waals surface area contributed by atoms with Gasteiger partial charge in [0, 0.05) is 11.3 Å². The Bertz CT molecular complexity index is 912. The Balaban J connectivity index is 1.60. The molecule has 1 aromatic heterocycles. The monoisotopic (exact) mass is 393 g/mol. The van der Waals surface area contributed by atoms with Crippen molar-refractivity contribution in [1.82, 2.24) is 10.2 Å². The molecule has 1 heterocycles. The van der Waals surface area contributed by atoms with E-state index >= 15 is 0 Å². The quantitative estimate of drug-likeness (QED) is 0.626. The molecule has 1 amide bonds. The average molecular weight is 393 g/mol. The second-order valence-corrected chi connectivity index (χ2v) is 6.86. The highest BCUT2D eigenvalue weighted by atomic mass is 32.2. The highest BCUT2D eigenvalue weighted by Crippen LogP contribution is 2.30. The molecule has 27 heavy (non-hydrogen) atoms. The van der Waals surface area contributed by atoms with Crippen molar-refractivity contribution in [3.05, 3.63) is 60.2 Å². The molecule has 0 spiro atoms. The maximum Gasteiger partial charge on any atom is 0.416 e. The number of nitrogens with zero attached hydrogens (tertiary/aromatic N) is 2. The molecule has 0 aliphatic heterocycles. The van der Waals surface area contributed by atoms with Gasteiger partial charge in [0.05, 0.1) is 10.8 Å². The smallest absolute Gasteiger partial charge is 0.411 e. The molecule has 140 valence electrons. The maximum absolute atomic E-state index is 12.6. The fraction of sp³-hybridized carbons (Fsp3) is 0.167. The number of hydrogen-bond acceptors (Lipinski definition) is 5. The van der Waals surface area contributed by atoms with Gasteiger partial charge in [0.1, 0.15) is 0 Å². The number of aromatic nitrogens is 2. The molecule has 1 unspecified atom stereocenters. The third kappa shape index (κ3) is 4.88. The summed E-state index contributed by atoms with van der Waals surface area (Å²) < 4.78 is 43.2. The van der Waals surface area contributed by atoms with E-state index in [1.54, 1.807) is 6.92 Å². The Kier molecular flexibility index (Phi) is 5.50. The summed E-state index contributed by atoms with van der Waals surface area (Å²) in [4.78, 5) is 12.2. The lowest BCUT2D eigenvalue weighted by Gasteiger charge is -2.11. The molecule has 0 radical (unpaired) electrons. The van der Waals surface area contributed by atoms with Crippen LogP contribution in [-0.4, -0.2) is 21.4 Å². The van der Waals surface area contributed by atoms with E-state index in [2.05, 4.69) is 15.5 Å². The van der Waals surface area contributed by atoms with E-state index in [9.17, 15) is 18.0 Å². The molecule has 1 N–H and O–H groups in total. The normalized spacial score (nSPS) is 12.6. The predicted octanol–water partition coefficient (Wildman–Crippen LogP) is 4.87. The zero-order valence-electron chi connectivity index (χ0n) is 14.0. The van der Waals surface area contributed by atoms with E-state index in [1.165, 1.54) is 12.1 Å². The Morgan fingerprint density at radius 2 is 1.74 bits per heavy atom. The SMILES string of the molecule is CC(Sc1nnc(-c2ccccc2)o1)C(=O)Nc1ccc(C(F)(F)F)cc1. The minimum Gasteiger partial charge on any atom is -0.411 e. The molecule has 0 saturated heterocycles. The number of amides is 1. The van der Waals surface area contributed by atoms with Crippen LogP contribution >= 0.6 is 11.8 Å². The third-order valence-corrected chi connectivity index (χ3v) is 4.49. The van der Waals surface area contributed by atoms with Crippen molar-refractivity contribution in [2.75, 3.05) is 5.32 Å². The van der Waals surface area contributed by atoms with E-state index in [1.807, 2.05) is 30.3 Å². The lowest BCUT2D eigenvalue weighted by molar-refractivity contribution is -0.137. The van der Waals surface area contributed by atoms with Crippen LogP contribution in [0.4, 0.5) is 18.9 Å². The van der Waals surface area contributed by atoms with Gasteiger partial charge in [-0.1, -0.05) is 30.0 Å². The summed E-state index contributed by atoms with van der Waals surface area (Å²) in [6.07, 6.45) is -4.42. The number of thioether (sulfide) groups is 1. The molecule has 0 fully saturated rings. The Morgan fingerprint density at radius 1 is 1.07 bits per heavy atom. The lowest BCUT2D eigenvalue weighted by Crippen LogP contribution is -2.22. The first kappa shape index (κ1) is 19.0. The van der Waals surface area contributed by atoms with Gasteiger partial charge in [-0.25, -0.2) is 0 Å². The van der Waals surface area contributed by atoms with Crippen LogP contribution in [0.3, 0.4) is 0 Å². The van der Waals surface area contributed by atoms with Gasteiger partial charge in [-0.15, -0.1) is 10.2 Å². The molecular formula is C18H14F3N3O2S. The van der Waals surface area contributed by atoms with Gasteiger partial charge in [-0.05, 0) is 43.3 Å². The van der Waals surface area contributed by atoms with Crippen LogP contribution in [0.15, 0.2) is 64.2 Å². The van der Waals surface area contributed by atoms with Crippen LogP contribution in [0.1, 0.15) is 12.5 Å². The number of hydrogen-bond donors (Lipinski definition) is 1. The molecule has 5 nitrogen and oxygen atoms in total. The molecular weight excluding hydrogens is 379 g/mol. The second kappa shape index (κ2) is 7.83. The molecule has 3 rings (SSSR count). The zero-order chi connectivity index (χ0) is 19.4.